The number of aliphatic imine (C=N–C) groups is 1. The number of nitrogens with one attached hydrogen (secondary N) is 2. The molecule has 2 rings (SSSR count). The summed E-state index contributed by atoms with van der Waals surface area (Å²) >= 11 is 0. The predicted molar refractivity (Wildman–Crippen MR) is 132 cm³/mol. The number of hydrogen-bond acceptors (Lipinski definition) is 3. The molecule has 2 N–H and O–H groups in total. The monoisotopic (exact) mass is 520 g/mol. The molecule has 0 bridgehead atoms. The number of halogens is 1. The van der Waals surface area contributed by atoms with Crippen molar-refractivity contribution in [2.75, 3.05) is 38.5 Å². The summed E-state index contributed by atoms with van der Waals surface area (Å²) in [7, 11) is -0.856. The molecule has 5 nitrogen and oxygen atoms in total. The van der Waals surface area contributed by atoms with Gasteiger partial charge in [0.25, 0.3) is 0 Å². The Bertz CT molecular complexity index is 613. The maximum atomic E-state index is 12.2. The van der Waals surface area contributed by atoms with Crippen LogP contribution in [0.5, 0.6) is 0 Å². The maximum Gasteiger partial charge on any atom is 0.191 e. The van der Waals surface area contributed by atoms with Crippen LogP contribution < -0.4 is 10.6 Å². The van der Waals surface area contributed by atoms with E-state index in [1.807, 2.05) is 20.8 Å². The van der Waals surface area contributed by atoms with Crippen LogP contribution in [-0.4, -0.2) is 58.3 Å². The molecule has 1 fully saturated rings. The standard InChI is InChI=1S/C21H36N4OS.HI/c1-5-22-20(23-13-16-27(26)21(2,3)4)24-17-19(25-14-9-10-15-25)18-11-7-6-8-12-18;/h6-8,11-12,19H,5,9-10,13-17H2,1-4H3,(H2,22,23,24);1H. The van der Waals surface area contributed by atoms with Crippen LogP contribution in [0.4, 0.5) is 0 Å². The lowest BCUT2D eigenvalue weighted by atomic mass is 10.1. The Morgan fingerprint density at radius 3 is 2.39 bits per heavy atom. The van der Waals surface area contributed by atoms with Gasteiger partial charge in [-0.1, -0.05) is 30.3 Å². The molecule has 2 atom stereocenters. The van der Waals surface area contributed by atoms with Crippen molar-refractivity contribution in [1.29, 1.82) is 0 Å². The van der Waals surface area contributed by atoms with Crippen LogP contribution in [0.3, 0.4) is 0 Å². The van der Waals surface area contributed by atoms with E-state index in [0.29, 0.717) is 18.3 Å². The second kappa shape index (κ2) is 12.8. The van der Waals surface area contributed by atoms with Crippen molar-refractivity contribution in [2.24, 2.45) is 4.99 Å². The third kappa shape index (κ3) is 8.37. The first-order valence-corrected chi connectivity index (χ1v) is 11.4. The highest BCUT2D eigenvalue weighted by molar-refractivity contribution is 14.0. The summed E-state index contributed by atoms with van der Waals surface area (Å²) in [6.07, 6.45) is 2.54. The molecular formula is C21H37IN4OS. The summed E-state index contributed by atoms with van der Waals surface area (Å²) in [6, 6.07) is 11.0. The highest BCUT2D eigenvalue weighted by atomic mass is 127. The van der Waals surface area contributed by atoms with Gasteiger partial charge in [0.05, 0.1) is 12.6 Å². The van der Waals surface area contributed by atoms with E-state index in [-0.39, 0.29) is 28.7 Å². The minimum atomic E-state index is -0.856. The van der Waals surface area contributed by atoms with Crippen molar-refractivity contribution in [3.05, 3.63) is 35.9 Å². The molecule has 1 heterocycles. The Balaban J connectivity index is 0.00000392. The van der Waals surface area contributed by atoms with Gasteiger partial charge < -0.3 is 10.6 Å². The number of hydrogen-bond donors (Lipinski definition) is 2. The van der Waals surface area contributed by atoms with Gasteiger partial charge in [-0.25, -0.2) is 0 Å². The van der Waals surface area contributed by atoms with E-state index < -0.39 is 10.8 Å². The molecule has 2 unspecified atom stereocenters. The third-order valence-electron chi connectivity index (χ3n) is 4.80. The molecule has 1 aromatic rings. The average molecular weight is 521 g/mol. The second-order valence-electron chi connectivity index (χ2n) is 7.98. The minimum absolute atomic E-state index is 0. The molecule has 0 aromatic heterocycles. The molecule has 7 heteroatoms. The normalized spacial score (nSPS) is 17.6. The molecule has 1 aromatic carbocycles. The minimum Gasteiger partial charge on any atom is -0.357 e. The summed E-state index contributed by atoms with van der Waals surface area (Å²) in [6.45, 7) is 12.6. The molecule has 1 saturated heterocycles. The van der Waals surface area contributed by atoms with E-state index in [1.165, 1.54) is 18.4 Å². The molecule has 0 aliphatic carbocycles. The Labute approximate surface area is 190 Å². The first kappa shape index (κ1) is 25.4. The predicted octanol–water partition coefficient (Wildman–Crippen LogP) is 3.54. The number of guanidine groups is 1. The summed E-state index contributed by atoms with van der Waals surface area (Å²) < 4.78 is 12.1. The Morgan fingerprint density at radius 1 is 1.18 bits per heavy atom. The van der Waals surface area contributed by atoms with Crippen LogP contribution >= 0.6 is 24.0 Å². The van der Waals surface area contributed by atoms with Crippen molar-refractivity contribution < 1.29 is 4.21 Å². The number of likely N-dealkylation sites (tertiary alicyclic amines) is 1. The fourth-order valence-corrected chi connectivity index (χ4v) is 4.15. The smallest absolute Gasteiger partial charge is 0.191 e. The highest BCUT2D eigenvalue weighted by Gasteiger charge is 2.23. The lowest BCUT2D eigenvalue weighted by molar-refractivity contribution is 0.251. The lowest BCUT2D eigenvalue weighted by Gasteiger charge is -2.27. The molecule has 0 saturated carbocycles. The first-order chi connectivity index (χ1) is 12.9. The van der Waals surface area contributed by atoms with Crippen molar-refractivity contribution in [3.63, 3.8) is 0 Å². The second-order valence-corrected chi connectivity index (χ2v) is 10.3. The van der Waals surface area contributed by atoms with Crippen LogP contribution in [0.25, 0.3) is 0 Å². The average Bonchev–Trinajstić information content (AvgIpc) is 3.16. The van der Waals surface area contributed by atoms with Gasteiger partial charge in [0, 0.05) is 34.4 Å². The van der Waals surface area contributed by atoms with Crippen LogP contribution in [0.15, 0.2) is 35.3 Å². The van der Waals surface area contributed by atoms with Crippen molar-refractivity contribution in [1.82, 2.24) is 15.5 Å². The van der Waals surface area contributed by atoms with Crippen LogP contribution in [-0.2, 0) is 10.8 Å². The van der Waals surface area contributed by atoms with Crippen molar-refractivity contribution in [3.8, 4) is 0 Å². The van der Waals surface area contributed by atoms with Crippen LogP contribution in [0, 0.1) is 0 Å². The van der Waals surface area contributed by atoms with E-state index in [0.717, 1.165) is 32.1 Å². The van der Waals surface area contributed by atoms with Gasteiger partial charge in [-0.3, -0.25) is 14.1 Å². The number of benzene rings is 1. The Morgan fingerprint density at radius 2 is 1.82 bits per heavy atom. The summed E-state index contributed by atoms with van der Waals surface area (Å²) in [5.41, 5.74) is 1.33. The summed E-state index contributed by atoms with van der Waals surface area (Å²) in [5.74, 6) is 1.44. The Hall–Kier alpha value is -0.670. The SMILES string of the molecule is CCNC(=NCC(c1ccccc1)N1CCCC1)NCCS(=O)C(C)(C)C.I. The maximum absolute atomic E-state index is 12.2. The largest absolute Gasteiger partial charge is 0.357 e. The van der Waals surface area contributed by atoms with Gasteiger partial charge in [-0.2, -0.15) is 0 Å². The topological polar surface area (TPSA) is 56.7 Å². The zero-order chi connectivity index (χ0) is 19.7. The van der Waals surface area contributed by atoms with Gasteiger partial charge in [-0.15, -0.1) is 24.0 Å². The lowest BCUT2D eigenvalue weighted by Crippen LogP contribution is -2.41. The van der Waals surface area contributed by atoms with Crippen molar-refractivity contribution in [2.45, 2.75) is 51.3 Å². The summed E-state index contributed by atoms with van der Waals surface area (Å²) in [5, 5.41) is 6.66. The van der Waals surface area contributed by atoms with Crippen LogP contribution in [0.1, 0.15) is 52.1 Å². The molecule has 28 heavy (non-hydrogen) atoms. The molecule has 0 radical (unpaired) electrons. The molecule has 160 valence electrons. The molecule has 1 aliphatic rings. The first-order valence-electron chi connectivity index (χ1n) is 10.1. The van der Waals surface area contributed by atoms with E-state index in [9.17, 15) is 4.21 Å². The van der Waals surface area contributed by atoms with E-state index in [4.69, 9.17) is 4.99 Å². The number of rotatable bonds is 8. The molecular weight excluding hydrogens is 483 g/mol. The van der Waals surface area contributed by atoms with E-state index in [2.05, 4.69) is 52.8 Å². The van der Waals surface area contributed by atoms with Crippen LogP contribution in [0.2, 0.25) is 0 Å². The number of nitrogens with zero attached hydrogens (tertiary/aromatic N) is 2. The Kier molecular flexibility index (Phi) is 11.6. The zero-order valence-corrected chi connectivity index (χ0v) is 20.9. The van der Waals surface area contributed by atoms with E-state index in [1.54, 1.807) is 0 Å². The third-order valence-corrected chi connectivity index (χ3v) is 6.74. The van der Waals surface area contributed by atoms with E-state index >= 15 is 0 Å². The fourth-order valence-electron chi connectivity index (χ4n) is 3.25. The quantitative estimate of drug-likeness (QED) is 0.313. The summed E-state index contributed by atoms with van der Waals surface area (Å²) in [4.78, 5) is 7.39. The molecule has 1 aliphatic heterocycles. The van der Waals surface area contributed by atoms with Gasteiger partial charge in [0.1, 0.15) is 0 Å². The molecule has 0 amide bonds. The van der Waals surface area contributed by atoms with Gasteiger partial charge >= 0.3 is 0 Å². The van der Waals surface area contributed by atoms with Crippen molar-refractivity contribution >= 4 is 40.7 Å². The van der Waals surface area contributed by atoms with Gasteiger partial charge in [0.15, 0.2) is 5.96 Å². The zero-order valence-electron chi connectivity index (χ0n) is 17.7. The van der Waals surface area contributed by atoms with Gasteiger partial charge in [0.2, 0.25) is 0 Å². The van der Waals surface area contributed by atoms with Gasteiger partial charge in [-0.05, 0) is 59.2 Å². The fraction of sp³-hybridized carbons (Fsp3) is 0.667. The molecule has 0 spiro atoms. The highest BCUT2D eigenvalue weighted by Crippen LogP contribution is 2.25.